The van der Waals surface area contributed by atoms with Crippen molar-refractivity contribution in [2.24, 2.45) is 0 Å². The summed E-state index contributed by atoms with van der Waals surface area (Å²) in [5, 5.41) is 18.8. The predicted molar refractivity (Wildman–Crippen MR) is 135 cm³/mol. The van der Waals surface area contributed by atoms with Crippen molar-refractivity contribution in [3.63, 3.8) is 0 Å². The number of likely N-dealkylation sites (N-methyl/N-ethyl adjacent to an activating group) is 1. The summed E-state index contributed by atoms with van der Waals surface area (Å²) in [5.41, 5.74) is 2.93. The molecule has 3 N–H and O–H groups in total. The number of hydrogen-bond donors (Lipinski definition) is 3. The monoisotopic (exact) mass is 481 g/mol. The molecule has 0 saturated heterocycles. The Hall–Kier alpha value is -3.22. The number of rotatable bonds is 8. The molecule has 1 atom stereocenters. The molecular formula is C25H31N5O3S. The van der Waals surface area contributed by atoms with Crippen molar-refractivity contribution in [1.29, 1.82) is 5.26 Å². The van der Waals surface area contributed by atoms with Gasteiger partial charge < -0.3 is 16.0 Å². The number of aryl methyl sites for hydroxylation is 1. The summed E-state index contributed by atoms with van der Waals surface area (Å²) in [4.78, 5) is 39.7. The van der Waals surface area contributed by atoms with Crippen LogP contribution >= 0.6 is 11.3 Å². The van der Waals surface area contributed by atoms with E-state index in [9.17, 15) is 19.6 Å². The van der Waals surface area contributed by atoms with Gasteiger partial charge in [-0.1, -0.05) is 13.3 Å². The summed E-state index contributed by atoms with van der Waals surface area (Å²) in [7, 11) is 0. The molecule has 0 radical (unpaired) electrons. The van der Waals surface area contributed by atoms with E-state index < -0.39 is 6.04 Å². The Labute approximate surface area is 204 Å². The van der Waals surface area contributed by atoms with Gasteiger partial charge in [-0.25, -0.2) is 0 Å². The van der Waals surface area contributed by atoms with Crippen LogP contribution < -0.4 is 16.0 Å². The number of carbonyl (C=O) groups is 3. The number of anilines is 3. The third kappa shape index (κ3) is 6.43. The Morgan fingerprint density at radius 3 is 2.32 bits per heavy atom. The highest BCUT2D eigenvalue weighted by Crippen LogP contribution is 2.37. The van der Waals surface area contributed by atoms with E-state index in [2.05, 4.69) is 22.0 Å². The molecular weight excluding hydrogens is 450 g/mol. The quantitative estimate of drug-likeness (QED) is 0.491. The normalized spacial score (nSPS) is 13.9. The number of hydrogen-bond acceptors (Lipinski definition) is 6. The van der Waals surface area contributed by atoms with Crippen LogP contribution in [0.15, 0.2) is 24.3 Å². The summed E-state index contributed by atoms with van der Waals surface area (Å²) in [6.07, 6.45) is 5.17. The Balaban J connectivity index is 1.61. The molecule has 0 saturated carbocycles. The SMILES string of the molecule is CCN(CC(=O)Nc1ccc(NC(C)=O)cc1)C(C)C(=O)Nc1sc2c(c1C#N)CCCCC2. The fraction of sp³-hybridized carbons (Fsp3) is 0.440. The molecule has 8 nitrogen and oxygen atoms in total. The zero-order valence-corrected chi connectivity index (χ0v) is 20.7. The van der Waals surface area contributed by atoms with Crippen LogP contribution in [0.2, 0.25) is 0 Å². The molecule has 0 bridgehead atoms. The smallest absolute Gasteiger partial charge is 0.242 e. The molecule has 0 aliphatic heterocycles. The number of amides is 3. The summed E-state index contributed by atoms with van der Waals surface area (Å²) >= 11 is 1.51. The van der Waals surface area contributed by atoms with Gasteiger partial charge in [0.05, 0.1) is 18.2 Å². The highest BCUT2D eigenvalue weighted by Gasteiger charge is 2.26. The zero-order chi connectivity index (χ0) is 24.7. The van der Waals surface area contributed by atoms with Gasteiger partial charge in [-0.3, -0.25) is 19.3 Å². The van der Waals surface area contributed by atoms with Crippen molar-refractivity contribution in [3.8, 4) is 6.07 Å². The van der Waals surface area contributed by atoms with Crippen LogP contribution in [-0.4, -0.2) is 41.8 Å². The average molecular weight is 482 g/mol. The van der Waals surface area contributed by atoms with Crippen molar-refractivity contribution in [2.45, 2.75) is 58.9 Å². The maximum absolute atomic E-state index is 13.0. The lowest BCUT2D eigenvalue weighted by Gasteiger charge is -2.26. The zero-order valence-electron chi connectivity index (χ0n) is 19.9. The summed E-state index contributed by atoms with van der Waals surface area (Å²) in [6, 6.07) is 8.57. The summed E-state index contributed by atoms with van der Waals surface area (Å²) in [6.45, 7) is 5.65. The van der Waals surface area contributed by atoms with Gasteiger partial charge >= 0.3 is 0 Å². The largest absolute Gasteiger partial charge is 0.326 e. The maximum atomic E-state index is 13.0. The van der Waals surface area contributed by atoms with Gasteiger partial charge in [-0.2, -0.15) is 5.26 Å². The highest BCUT2D eigenvalue weighted by molar-refractivity contribution is 7.16. The Morgan fingerprint density at radius 2 is 1.71 bits per heavy atom. The molecule has 0 fully saturated rings. The fourth-order valence-electron chi connectivity index (χ4n) is 4.08. The first kappa shape index (κ1) is 25.4. The van der Waals surface area contributed by atoms with Gasteiger partial charge in [-0.05, 0) is 69.0 Å². The van der Waals surface area contributed by atoms with Crippen LogP contribution in [0.1, 0.15) is 56.0 Å². The van der Waals surface area contributed by atoms with Gasteiger partial charge in [0, 0.05) is 23.2 Å². The van der Waals surface area contributed by atoms with Crippen molar-refractivity contribution in [1.82, 2.24) is 4.90 Å². The Kier molecular flexibility index (Phi) is 8.79. The Bertz CT molecular complexity index is 1090. The molecule has 9 heteroatoms. The van der Waals surface area contributed by atoms with Crippen molar-refractivity contribution < 1.29 is 14.4 Å². The molecule has 1 aliphatic rings. The molecule has 1 aromatic carbocycles. The van der Waals surface area contributed by atoms with Crippen molar-refractivity contribution in [2.75, 3.05) is 29.0 Å². The van der Waals surface area contributed by atoms with E-state index in [0.29, 0.717) is 28.5 Å². The molecule has 2 aromatic rings. The lowest BCUT2D eigenvalue weighted by atomic mass is 10.1. The summed E-state index contributed by atoms with van der Waals surface area (Å²) in [5.74, 6) is -0.640. The van der Waals surface area contributed by atoms with Crippen molar-refractivity contribution in [3.05, 3.63) is 40.3 Å². The molecule has 3 rings (SSSR count). The molecule has 34 heavy (non-hydrogen) atoms. The fourth-order valence-corrected chi connectivity index (χ4v) is 5.32. The summed E-state index contributed by atoms with van der Waals surface area (Å²) < 4.78 is 0. The number of thiophene rings is 1. The number of benzene rings is 1. The first-order chi connectivity index (χ1) is 16.3. The third-order valence-corrected chi connectivity index (χ3v) is 7.15. The second-order valence-electron chi connectivity index (χ2n) is 8.42. The van der Waals surface area contributed by atoms with Gasteiger partial charge in [-0.15, -0.1) is 11.3 Å². The van der Waals surface area contributed by atoms with Crippen LogP contribution in [0.3, 0.4) is 0 Å². The number of nitriles is 1. The van der Waals surface area contributed by atoms with E-state index in [1.165, 1.54) is 23.1 Å². The van der Waals surface area contributed by atoms with Crippen LogP contribution in [0.4, 0.5) is 16.4 Å². The molecule has 1 aliphatic carbocycles. The van der Waals surface area contributed by atoms with Crippen LogP contribution in [0.5, 0.6) is 0 Å². The molecule has 1 heterocycles. The lowest BCUT2D eigenvalue weighted by Crippen LogP contribution is -2.45. The maximum Gasteiger partial charge on any atom is 0.242 e. The van der Waals surface area contributed by atoms with E-state index in [4.69, 9.17) is 0 Å². The molecule has 0 spiro atoms. The molecule has 3 amide bonds. The van der Waals surface area contributed by atoms with E-state index >= 15 is 0 Å². The van der Waals surface area contributed by atoms with Gasteiger partial charge in [0.15, 0.2) is 0 Å². The van der Waals surface area contributed by atoms with Gasteiger partial charge in [0.25, 0.3) is 0 Å². The minimum absolute atomic E-state index is 0.0462. The van der Waals surface area contributed by atoms with E-state index in [1.54, 1.807) is 36.1 Å². The molecule has 1 aromatic heterocycles. The van der Waals surface area contributed by atoms with Gasteiger partial charge in [0.1, 0.15) is 11.1 Å². The second kappa shape index (κ2) is 11.8. The highest BCUT2D eigenvalue weighted by atomic mass is 32.1. The number of nitrogens with zero attached hydrogens (tertiary/aromatic N) is 2. The minimum Gasteiger partial charge on any atom is -0.326 e. The van der Waals surface area contributed by atoms with Crippen LogP contribution in [0, 0.1) is 11.3 Å². The van der Waals surface area contributed by atoms with Crippen LogP contribution in [-0.2, 0) is 27.2 Å². The number of carbonyl (C=O) groups excluding carboxylic acids is 3. The van der Waals surface area contributed by atoms with Crippen LogP contribution in [0.25, 0.3) is 0 Å². The predicted octanol–water partition coefficient (Wildman–Crippen LogP) is 4.13. The minimum atomic E-state index is -0.550. The van der Waals surface area contributed by atoms with Gasteiger partial charge in [0.2, 0.25) is 17.7 Å². The van der Waals surface area contributed by atoms with E-state index in [-0.39, 0.29) is 24.3 Å². The van der Waals surface area contributed by atoms with Crippen molar-refractivity contribution >= 4 is 45.4 Å². The first-order valence-corrected chi connectivity index (χ1v) is 12.4. The Morgan fingerprint density at radius 1 is 1.06 bits per heavy atom. The average Bonchev–Trinajstić information content (AvgIpc) is 2.96. The second-order valence-corrected chi connectivity index (χ2v) is 9.52. The topological polar surface area (TPSA) is 114 Å². The molecule has 1 unspecified atom stereocenters. The molecule has 180 valence electrons. The number of nitrogens with one attached hydrogen (secondary N) is 3. The number of fused-ring (bicyclic) bond motifs is 1. The first-order valence-electron chi connectivity index (χ1n) is 11.6. The standard InChI is InChI=1S/C25H31N5O3S/c1-4-30(15-23(32)28-19-12-10-18(11-13-19)27-17(3)31)16(2)24(33)29-25-21(14-26)20-8-6-5-7-9-22(20)34-25/h10-13,16H,4-9,15H2,1-3H3,(H,27,31)(H,28,32)(H,29,33). The third-order valence-electron chi connectivity index (χ3n) is 5.94. The van der Waals surface area contributed by atoms with E-state index in [0.717, 1.165) is 37.7 Å². The lowest BCUT2D eigenvalue weighted by molar-refractivity contribution is -0.123. The van der Waals surface area contributed by atoms with E-state index in [1.807, 2.05) is 6.92 Å².